The van der Waals surface area contributed by atoms with Gasteiger partial charge in [-0.3, -0.25) is 10.0 Å². The maximum Gasteiger partial charge on any atom is 0.257 e. The first kappa shape index (κ1) is 15.3. The standard InChI is InChI=1S/C17H16FN3O2/c1-11-14(3-2-4-15(11)18)17(16(22)21-23)6-5-12(7-17)13-8-19-10-20-9-13/h2-4,7-10,23H,5-6H2,1H3,(H,21,22)/t17-/m0/s1. The average Bonchev–Trinajstić information content (AvgIpc) is 3.04. The van der Waals surface area contributed by atoms with E-state index < -0.39 is 11.3 Å². The molecule has 1 aliphatic rings. The number of nitrogens with one attached hydrogen (secondary N) is 1. The molecule has 1 amide bonds. The Balaban J connectivity index is 2.15. The quantitative estimate of drug-likeness (QED) is 0.674. The summed E-state index contributed by atoms with van der Waals surface area (Å²) >= 11 is 0. The molecular formula is C17H16FN3O2. The lowest BCUT2D eigenvalue weighted by molar-refractivity contribution is -0.133. The van der Waals surface area contributed by atoms with E-state index in [4.69, 9.17) is 0 Å². The summed E-state index contributed by atoms with van der Waals surface area (Å²) in [5, 5.41) is 9.19. The minimum Gasteiger partial charge on any atom is -0.289 e. The maximum absolute atomic E-state index is 14.0. The minimum absolute atomic E-state index is 0.377. The molecule has 118 valence electrons. The molecule has 1 aromatic heterocycles. The normalized spacial score (nSPS) is 20.2. The molecule has 1 aliphatic carbocycles. The third kappa shape index (κ3) is 2.51. The Hall–Kier alpha value is -2.60. The molecule has 3 rings (SSSR count). The lowest BCUT2D eigenvalue weighted by Crippen LogP contribution is -2.41. The van der Waals surface area contributed by atoms with Crippen LogP contribution in [0, 0.1) is 12.7 Å². The maximum atomic E-state index is 14.0. The monoisotopic (exact) mass is 313 g/mol. The summed E-state index contributed by atoms with van der Waals surface area (Å²) in [6, 6.07) is 4.64. The van der Waals surface area contributed by atoms with Crippen LogP contribution < -0.4 is 5.48 Å². The van der Waals surface area contributed by atoms with Gasteiger partial charge in [0.25, 0.3) is 5.91 Å². The molecule has 0 bridgehead atoms. The van der Waals surface area contributed by atoms with E-state index in [-0.39, 0.29) is 5.82 Å². The van der Waals surface area contributed by atoms with Crippen molar-refractivity contribution < 1.29 is 14.4 Å². The number of hydrogen-bond donors (Lipinski definition) is 2. The van der Waals surface area contributed by atoms with Crippen LogP contribution in [0.15, 0.2) is 43.0 Å². The number of allylic oxidation sites excluding steroid dienone is 1. The van der Waals surface area contributed by atoms with Gasteiger partial charge in [0.05, 0.1) is 5.41 Å². The fraction of sp³-hybridized carbons (Fsp3) is 0.235. The van der Waals surface area contributed by atoms with Crippen molar-refractivity contribution in [3.8, 4) is 0 Å². The number of carbonyl (C=O) groups excluding carboxylic acids is 1. The second-order valence-electron chi connectivity index (χ2n) is 5.62. The van der Waals surface area contributed by atoms with Gasteiger partial charge in [0.2, 0.25) is 0 Å². The Labute approximate surface area is 132 Å². The summed E-state index contributed by atoms with van der Waals surface area (Å²) in [5.74, 6) is -0.949. The van der Waals surface area contributed by atoms with Crippen molar-refractivity contribution in [2.75, 3.05) is 0 Å². The first-order valence-electron chi connectivity index (χ1n) is 7.26. The van der Waals surface area contributed by atoms with Gasteiger partial charge < -0.3 is 0 Å². The van der Waals surface area contributed by atoms with E-state index in [1.165, 1.54) is 12.4 Å². The Bertz CT molecular complexity index is 777. The lowest BCUT2D eigenvalue weighted by atomic mass is 9.77. The Morgan fingerprint density at radius 1 is 1.35 bits per heavy atom. The summed E-state index contributed by atoms with van der Waals surface area (Å²) in [7, 11) is 0. The van der Waals surface area contributed by atoms with Crippen LogP contribution in [0.4, 0.5) is 4.39 Å². The van der Waals surface area contributed by atoms with Crippen LogP contribution in [0.1, 0.15) is 29.5 Å². The Kier molecular flexibility index (Phi) is 3.92. The van der Waals surface area contributed by atoms with Gasteiger partial charge in [0.1, 0.15) is 12.1 Å². The predicted octanol–water partition coefficient (Wildman–Crippen LogP) is 2.54. The molecule has 0 unspecified atom stereocenters. The molecule has 1 aromatic carbocycles. The van der Waals surface area contributed by atoms with E-state index in [0.717, 1.165) is 11.1 Å². The number of rotatable bonds is 3. The van der Waals surface area contributed by atoms with Gasteiger partial charge in [-0.15, -0.1) is 0 Å². The fourth-order valence-electron chi connectivity index (χ4n) is 3.17. The summed E-state index contributed by atoms with van der Waals surface area (Å²) in [5.41, 5.74) is 3.29. The molecule has 0 spiro atoms. The second-order valence-corrected chi connectivity index (χ2v) is 5.62. The van der Waals surface area contributed by atoms with Crippen LogP contribution in [0.5, 0.6) is 0 Å². The number of benzene rings is 1. The molecular weight excluding hydrogens is 297 g/mol. The van der Waals surface area contributed by atoms with E-state index in [0.29, 0.717) is 24.0 Å². The number of aromatic nitrogens is 2. The van der Waals surface area contributed by atoms with Crippen LogP contribution >= 0.6 is 0 Å². The molecule has 1 heterocycles. The van der Waals surface area contributed by atoms with Crippen molar-refractivity contribution in [1.82, 2.24) is 15.4 Å². The zero-order valence-electron chi connectivity index (χ0n) is 12.6. The molecule has 23 heavy (non-hydrogen) atoms. The van der Waals surface area contributed by atoms with Crippen molar-refractivity contribution in [3.05, 3.63) is 65.5 Å². The van der Waals surface area contributed by atoms with Gasteiger partial charge in [-0.1, -0.05) is 18.2 Å². The third-order valence-corrected chi connectivity index (χ3v) is 4.40. The summed E-state index contributed by atoms with van der Waals surface area (Å²) in [6.07, 6.45) is 7.60. The first-order chi connectivity index (χ1) is 11.1. The third-order valence-electron chi connectivity index (χ3n) is 4.40. The van der Waals surface area contributed by atoms with E-state index in [1.807, 2.05) is 0 Å². The lowest BCUT2D eigenvalue weighted by Gasteiger charge is -2.27. The van der Waals surface area contributed by atoms with Crippen LogP contribution in [0.25, 0.3) is 5.57 Å². The average molecular weight is 313 g/mol. The van der Waals surface area contributed by atoms with Gasteiger partial charge in [-0.2, -0.15) is 0 Å². The molecule has 0 aliphatic heterocycles. The largest absolute Gasteiger partial charge is 0.289 e. The zero-order valence-corrected chi connectivity index (χ0v) is 12.6. The minimum atomic E-state index is -1.11. The topological polar surface area (TPSA) is 75.1 Å². The van der Waals surface area contributed by atoms with E-state index in [9.17, 15) is 14.4 Å². The van der Waals surface area contributed by atoms with Crippen LogP contribution in [-0.2, 0) is 10.2 Å². The summed E-state index contributed by atoms with van der Waals surface area (Å²) in [6.45, 7) is 1.63. The second kappa shape index (κ2) is 5.89. The number of amides is 1. The van der Waals surface area contributed by atoms with E-state index in [2.05, 4.69) is 9.97 Å². The van der Waals surface area contributed by atoms with Gasteiger partial charge in [-0.25, -0.2) is 19.8 Å². The molecule has 2 N–H and O–H groups in total. The molecule has 2 aromatic rings. The molecule has 0 saturated carbocycles. The van der Waals surface area contributed by atoms with Crippen LogP contribution in [-0.4, -0.2) is 21.1 Å². The Morgan fingerprint density at radius 2 is 2.09 bits per heavy atom. The number of halogens is 1. The number of carbonyl (C=O) groups is 1. The predicted molar refractivity (Wildman–Crippen MR) is 82.0 cm³/mol. The van der Waals surface area contributed by atoms with E-state index in [1.54, 1.807) is 43.0 Å². The molecule has 5 nitrogen and oxygen atoms in total. The first-order valence-corrected chi connectivity index (χ1v) is 7.26. The molecule has 0 radical (unpaired) electrons. The van der Waals surface area contributed by atoms with Gasteiger partial charge in [-0.05, 0) is 42.5 Å². The molecule has 1 atom stereocenters. The van der Waals surface area contributed by atoms with Crippen LogP contribution in [0.3, 0.4) is 0 Å². The molecule has 0 fully saturated rings. The highest BCUT2D eigenvalue weighted by atomic mass is 19.1. The highest BCUT2D eigenvalue weighted by molar-refractivity contribution is 5.94. The summed E-state index contributed by atoms with van der Waals surface area (Å²) in [4.78, 5) is 20.4. The fourth-order valence-corrected chi connectivity index (χ4v) is 3.17. The van der Waals surface area contributed by atoms with Crippen molar-refractivity contribution in [1.29, 1.82) is 0 Å². The highest BCUT2D eigenvalue weighted by Crippen LogP contribution is 2.44. The van der Waals surface area contributed by atoms with Gasteiger partial charge in [0, 0.05) is 18.0 Å². The number of hydrogen-bond acceptors (Lipinski definition) is 4. The van der Waals surface area contributed by atoms with Crippen LogP contribution in [0.2, 0.25) is 0 Å². The van der Waals surface area contributed by atoms with Crippen molar-refractivity contribution in [2.45, 2.75) is 25.2 Å². The van der Waals surface area contributed by atoms with Crippen molar-refractivity contribution >= 4 is 11.5 Å². The van der Waals surface area contributed by atoms with Crippen molar-refractivity contribution in [2.24, 2.45) is 0 Å². The smallest absolute Gasteiger partial charge is 0.257 e. The van der Waals surface area contributed by atoms with Crippen molar-refractivity contribution in [3.63, 3.8) is 0 Å². The number of hydroxylamine groups is 1. The SMILES string of the molecule is Cc1c(F)cccc1[C@@]1(C(=O)NO)C=C(c2cncnc2)CC1. The highest BCUT2D eigenvalue weighted by Gasteiger charge is 2.43. The summed E-state index contributed by atoms with van der Waals surface area (Å²) < 4.78 is 14.0. The van der Waals surface area contributed by atoms with Gasteiger partial charge >= 0.3 is 0 Å². The zero-order chi connectivity index (χ0) is 16.4. The van der Waals surface area contributed by atoms with E-state index >= 15 is 0 Å². The molecule has 0 saturated heterocycles. The number of nitrogens with zero attached hydrogens (tertiary/aromatic N) is 2. The molecule has 6 heteroatoms. The van der Waals surface area contributed by atoms with Gasteiger partial charge in [0.15, 0.2) is 0 Å². The Morgan fingerprint density at radius 3 is 2.78 bits per heavy atom.